The Morgan fingerprint density at radius 1 is 1.23 bits per heavy atom. The van der Waals surface area contributed by atoms with Gasteiger partial charge in [-0.15, -0.1) is 0 Å². The molecule has 0 spiro atoms. The number of aromatic nitrogens is 2. The van der Waals surface area contributed by atoms with Crippen LogP contribution < -0.4 is 0 Å². The largest absolute Gasteiger partial charge is 0.462 e. The molecule has 0 bridgehead atoms. The normalized spacial score (nSPS) is 10.7. The zero-order valence-corrected chi connectivity index (χ0v) is 15.0. The monoisotopic (exact) mass is 347 g/mol. The van der Waals surface area contributed by atoms with Crippen LogP contribution in [0.15, 0.2) is 42.5 Å². The number of hydrogen-bond acceptors (Lipinski definition) is 4. The number of imidazole rings is 1. The molecular formula is C21H21N3O2. The molecule has 5 heteroatoms. The van der Waals surface area contributed by atoms with E-state index in [9.17, 15) is 10.1 Å². The highest BCUT2D eigenvalue weighted by molar-refractivity contribution is 5.93. The van der Waals surface area contributed by atoms with Gasteiger partial charge in [0.25, 0.3) is 0 Å². The van der Waals surface area contributed by atoms with Crippen molar-refractivity contribution in [3.8, 4) is 6.07 Å². The summed E-state index contributed by atoms with van der Waals surface area (Å²) in [5.74, 6) is 0.618. The molecule has 3 rings (SSSR count). The van der Waals surface area contributed by atoms with Crippen LogP contribution in [0.3, 0.4) is 0 Å². The second kappa shape index (κ2) is 7.83. The maximum Gasteiger partial charge on any atom is 0.338 e. The van der Waals surface area contributed by atoms with Gasteiger partial charge in [-0.2, -0.15) is 5.26 Å². The fraction of sp³-hybridized carbons (Fsp3) is 0.286. The molecule has 0 unspecified atom stereocenters. The molecule has 132 valence electrons. The number of ether oxygens (including phenoxy) is 1. The van der Waals surface area contributed by atoms with E-state index in [1.807, 2.05) is 36.4 Å². The fourth-order valence-corrected chi connectivity index (χ4v) is 3.04. The van der Waals surface area contributed by atoms with Gasteiger partial charge in [0, 0.05) is 6.42 Å². The minimum Gasteiger partial charge on any atom is -0.462 e. The van der Waals surface area contributed by atoms with Crippen molar-refractivity contribution in [3.05, 3.63) is 65.0 Å². The molecule has 5 nitrogen and oxygen atoms in total. The Balaban J connectivity index is 2.11. The Hall–Kier alpha value is -3.13. The van der Waals surface area contributed by atoms with Crippen molar-refractivity contribution < 1.29 is 9.53 Å². The van der Waals surface area contributed by atoms with Crippen molar-refractivity contribution >= 4 is 17.0 Å². The lowest BCUT2D eigenvalue weighted by molar-refractivity contribution is 0.0526. The van der Waals surface area contributed by atoms with Crippen molar-refractivity contribution in [2.75, 3.05) is 6.61 Å². The summed E-state index contributed by atoms with van der Waals surface area (Å²) in [4.78, 5) is 16.8. The van der Waals surface area contributed by atoms with Gasteiger partial charge >= 0.3 is 5.97 Å². The van der Waals surface area contributed by atoms with Crippen LogP contribution in [0.25, 0.3) is 11.0 Å². The first-order valence-electron chi connectivity index (χ1n) is 8.82. The Labute approximate surface area is 152 Å². The molecule has 0 saturated heterocycles. The average molecular weight is 347 g/mol. The number of nitriles is 1. The zero-order valence-electron chi connectivity index (χ0n) is 15.0. The number of esters is 1. The van der Waals surface area contributed by atoms with Crippen LogP contribution >= 0.6 is 0 Å². The Morgan fingerprint density at radius 2 is 2.04 bits per heavy atom. The predicted octanol–water partition coefficient (Wildman–Crippen LogP) is 4.09. The summed E-state index contributed by atoms with van der Waals surface area (Å²) >= 11 is 0. The third-order valence-electron chi connectivity index (χ3n) is 4.28. The Kier molecular flexibility index (Phi) is 5.33. The summed E-state index contributed by atoms with van der Waals surface area (Å²) < 4.78 is 7.21. The van der Waals surface area contributed by atoms with E-state index >= 15 is 0 Å². The molecule has 0 saturated carbocycles. The van der Waals surface area contributed by atoms with E-state index in [0.717, 1.165) is 35.3 Å². The van der Waals surface area contributed by atoms with Crippen LogP contribution in [0, 0.1) is 11.3 Å². The topological polar surface area (TPSA) is 67.9 Å². The summed E-state index contributed by atoms with van der Waals surface area (Å²) in [5.41, 5.74) is 3.83. The van der Waals surface area contributed by atoms with Crippen LogP contribution in [0.2, 0.25) is 0 Å². The maximum absolute atomic E-state index is 12.1. The molecule has 0 N–H and O–H groups in total. The number of carbonyl (C=O) groups is 1. The van der Waals surface area contributed by atoms with Crippen molar-refractivity contribution in [2.45, 2.75) is 33.2 Å². The van der Waals surface area contributed by atoms with E-state index < -0.39 is 0 Å². The minimum atomic E-state index is -0.336. The first-order chi connectivity index (χ1) is 12.7. The van der Waals surface area contributed by atoms with Gasteiger partial charge in [-0.3, -0.25) is 0 Å². The van der Waals surface area contributed by atoms with Gasteiger partial charge in [0.1, 0.15) is 5.82 Å². The summed E-state index contributed by atoms with van der Waals surface area (Å²) in [6, 6.07) is 15.2. The quantitative estimate of drug-likeness (QED) is 0.630. The van der Waals surface area contributed by atoms with Crippen LogP contribution in [0.1, 0.15) is 47.6 Å². The number of hydrogen-bond donors (Lipinski definition) is 0. The third-order valence-corrected chi connectivity index (χ3v) is 4.28. The van der Waals surface area contributed by atoms with Crippen LogP contribution in [0.4, 0.5) is 0 Å². The SMILES string of the molecule is CCCc1nc2ccc(C(=O)OCC)cc2n1Cc1ccccc1C#N. The fourth-order valence-electron chi connectivity index (χ4n) is 3.04. The van der Waals surface area contributed by atoms with Gasteiger partial charge in [0.05, 0.1) is 41.4 Å². The van der Waals surface area contributed by atoms with Gasteiger partial charge in [0.15, 0.2) is 0 Å². The lowest BCUT2D eigenvalue weighted by Gasteiger charge is -2.11. The molecule has 3 aromatic rings. The van der Waals surface area contributed by atoms with Crippen molar-refractivity contribution in [3.63, 3.8) is 0 Å². The Morgan fingerprint density at radius 3 is 2.77 bits per heavy atom. The average Bonchev–Trinajstić information content (AvgIpc) is 2.99. The highest BCUT2D eigenvalue weighted by Crippen LogP contribution is 2.22. The predicted molar refractivity (Wildman–Crippen MR) is 99.9 cm³/mol. The number of fused-ring (bicyclic) bond motifs is 1. The van der Waals surface area contributed by atoms with Crippen molar-refractivity contribution in [1.29, 1.82) is 5.26 Å². The van der Waals surface area contributed by atoms with Crippen LogP contribution in [-0.2, 0) is 17.7 Å². The maximum atomic E-state index is 12.1. The summed E-state index contributed by atoms with van der Waals surface area (Å²) in [6.07, 6.45) is 1.80. The molecule has 1 heterocycles. The molecule has 0 aliphatic heterocycles. The van der Waals surface area contributed by atoms with E-state index in [0.29, 0.717) is 24.3 Å². The number of nitrogens with zero attached hydrogens (tertiary/aromatic N) is 3. The van der Waals surface area contributed by atoms with Crippen LogP contribution in [-0.4, -0.2) is 22.1 Å². The number of rotatable bonds is 6. The van der Waals surface area contributed by atoms with E-state index in [2.05, 4.69) is 17.6 Å². The molecule has 26 heavy (non-hydrogen) atoms. The smallest absolute Gasteiger partial charge is 0.338 e. The first-order valence-corrected chi connectivity index (χ1v) is 8.82. The summed E-state index contributed by atoms with van der Waals surface area (Å²) in [7, 11) is 0. The molecule has 0 atom stereocenters. The first kappa shape index (κ1) is 17.7. The third kappa shape index (κ3) is 3.45. The molecule has 0 fully saturated rings. The molecule has 0 radical (unpaired) electrons. The molecule has 0 aliphatic carbocycles. The van der Waals surface area contributed by atoms with E-state index in [1.165, 1.54) is 0 Å². The van der Waals surface area contributed by atoms with Gasteiger partial charge in [-0.25, -0.2) is 9.78 Å². The lowest BCUT2D eigenvalue weighted by Crippen LogP contribution is -2.08. The molecule has 2 aromatic carbocycles. The standard InChI is InChI=1S/C21H21N3O2/c1-3-7-20-23-18-11-10-15(21(25)26-4-2)12-19(18)24(20)14-17-9-6-5-8-16(17)13-22/h5-6,8-12H,3-4,7,14H2,1-2H3. The highest BCUT2D eigenvalue weighted by atomic mass is 16.5. The lowest BCUT2D eigenvalue weighted by atomic mass is 10.1. The molecule has 1 aromatic heterocycles. The summed E-state index contributed by atoms with van der Waals surface area (Å²) in [6.45, 7) is 4.78. The van der Waals surface area contributed by atoms with Gasteiger partial charge < -0.3 is 9.30 Å². The molecular weight excluding hydrogens is 326 g/mol. The van der Waals surface area contributed by atoms with E-state index in [-0.39, 0.29) is 5.97 Å². The zero-order chi connectivity index (χ0) is 18.5. The number of benzene rings is 2. The van der Waals surface area contributed by atoms with Crippen LogP contribution in [0.5, 0.6) is 0 Å². The number of aryl methyl sites for hydroxylation is 1. The van der Waals surface area contributed by atoms with Gasteiger partial charge in [-0.05, 0) is 43.2 Å². The van der Waals surface area contributed by atoms with E-state index in [4.69, 9.17) is 9.72 Å². The van der Waals surface area contributed by atoms with Crippen molar-refractivity contribution in [2.24, 2.45) is 0 Å². The minimum absolute atomic E-state index is 0.336. The highest BCUT2D eigenvalue weighted by Gasteiger charge is 2.15. The van der Waals surface area contributed by atoms with Gasteiger partial charge in [-0.1, -0.05) is 25.1 Å². The number of carbonyl (C=O) groups excluding carboxylic acids is 1. The molecule has 0 aliphatic rings. The Bertz CT molecular complexity index is 983. The molecule has 0 amide bonds. The summed E-state index contributed by atoms with van der Waals surface area (Å²) in [5, 5.41) is 9.37. The van der Waals surface area contributed by atoms with Gasteiger partial charge in [0.2, 0.25) is 0 Å². The van der Waals surface area contributed by atoms with E-state index in [1.54, 1.807) is 13.0 Å². The second-order valence-electron chi connectivity index (χ2n) is 6.06. The second-order valence-corrected chi connectivity index (χ2v) is 6.06. The van der Waals surface area contributed by atoms with Crippen molar-refractivity contribution in [1.82, 2.24) is 9.55 Å².